The van der Waals surface area contributed by atoms with Crippen LogP contribution in [0.1, 0.15) is 19.5 Å². The average molecular weight is 288 g/mol. The third-order valence-corrected chi connectivity index (χ3v) is 3.28. The van der Waals surface area contributed by atoms with Crippen LogP contribution in [0.25, 0.3) is 5.65 Å². The molecule has 2 rings (SSSR count). The summed E-state index contributed by atoms with van der Waals surface area (Å²) in [6.07, 6.45) is 1.74. The second-order valence-corrected chi connectivity index (χ2v) is 6.52. The topological polar surface area (TPSA) is 49.6 Å². The lowest BCUT2D eigenvalue weighted by Crippen LogP contribution is -2.37. The largest absolute Gasteiger partial charge is 0.311 e. The minimum Gasteiger partial charge on any atom is -0.311 e. The van der Waals surface area contributed by atoms with Crippen molar-refractivity contribution in [2.24, 2.45) is 5.41 Å². The van der Waals surface area contributed by atoms with E-state index in [0.29, 0.717) is 12.2 Å². The van der Waals surface area contributed by atoms with Gasteiger partial charge in [0.05, 0.1) is 5.69 Å². The highest BCUT2D eigenvalue weighted by molar-refractivity contribution is 5.37. The van der Waals surface area contributed by atoms with Gasteiger partial charge in [0.15, 0.2) is 0 Å². The molecule has 1 N–H and O–H groups in total. The summed E-state index contributed by atoms with van der Waals surface area (Å²) < 4.78 is 1.56. The number of nitrogens with zero attached hydrogens (tertiary/aromatic N) is 3. The van der Waals surface area contributed by atoms with Crippen LogP contribution < -0.4 is 10.9 Å². The quantitative estimate of drug-likeness (QED) is 0.872. The van der Waals surface area contributed by atoms with Crippen molar-refractivity contribution in [3.8, 4) is 0 Å². The smallest absolute Gasteiger partial charge is 0.258 e. The Hall–Kier alpha value is -1.72. The molecule has 0 aliphatic rings. The van der Waals surface area contributed by atoms with Crippen molar-refractivity contribution in [3.05, 3.63) is 46.5 Å². The first-order chi connectivity index (χ1) is 9.87. The lowest BCUT2D eigenvalue weighted by atomic mass is 9.93. The predicted molar refractivity (Wildman–Crippen MR) is 85.5 cm³/mol. The minimum absolute atomic E-state index is 0.0371. The Morgan fingerprint density at radius 3 is 2.81 bits per heavy atom. The van der Waals surface area contributed by atoms with Gasteiger partial charge in [0, 0.05) is 31.9 Å². The van der Waals surface area contributed by atoms with E-state index in [1.165, 1.54) is 0 Å². The van der Waals surface area contributed by atoms with Gasteiger partial charge in [0.25, 0.3) is 5.56 Å². The van der Waals surface area contributed by atoms with Crippen LogP contribution in [0.3, 0.4) is 0 Å². The van der Waals surface area contributed by atoms with Crippen molar-refractivity contribution < 1.29 is 0 Å². The molecule has 0 atom stereocenters. The van der Waals surface area contributed by atoms with E-state index in [1.54, 1.807) is 16.7 Å². The number of nitrogens with one attached hydrogen (secondary N) is 1. The predicted octanol–water partition coefficient (Wildman–Crippen LogP) is 1.37. The van der Waals surface area contributed by atoms with Gasteiger partial charge in [-0.05, 0) is 31.6 Å². The van der Waals surface area contributed by atoms with Crippen LogP contribution in [0.2, 0.25) is 0 Å². The van der Waals surface area contributed by atoms with Crippen molar-refractivity contribution in [2.45, 2.75) is 20.4 Å². The highest BCUT2D eigenvalue weighted by Crippen LogP contribution is 2.14. The summed E-state index contributed by atoms with van der Waals surface area (Å²) in [5.74, 6) is 0. The maximum Gasteiger partial charge on any atom is 0.258 e. The molecule has 0 aromatic carbocycles. The van der Waals surface area contributed by atoms with Crippen molar-refractivity contribution in [1.29, 1.82) is 0 Å². The number of hydrogen-bond donors (Lipinski definition) is 1. The van der Waals surface area contributed by atoms with Gasteiger partial charge in [-0.3, -0.25) is 9.20 Å². The fraction of sp³-hybridized carbons (Fsp3) is 0.500. The van der Waals surface area contributed by atoms with Crippen LogP contribution >= 0.6 is 0 Å². The van der Waals surface area contributed by atoms with Gasteiger partial charge in [-0.25, -0.2) is 4.98 Å². The molecule has 2 aromatic heterocycles. The second-order valence-electron chi connectivity index (χ2n) is 6.52. The Morgan fingerprint density at radius 1 is 1.33 bits per heavy atom. The van der Waals surface area contributed by atoms with Crippen LogP contribution in [-0.4, -0.2) is 41.5 Å². The standard InChI is InChI=1S/C16H24N4O/c1-16(2,12-19(3)4)11-17-10-13-9-15(21)20-8-6-5-7-14(20)18-13/h5-9,17H,10-12H2,1-4H3. The molecular formula is C16H24N4O. The number of hydrogen-bond acceptors (Lipinski definition) is 4. The number of aromatic nitrogens is 2. The van der Waals surface area contributed by atoms with Crippen LogP contribution in [0.15, 0.2) is 35.3 Å². The number of rotatable bonds is 6. The van der Waals surface area contributed by atoms with Crippen LogP contribution in [0.5, 0.6) is 0 Å². The van der Waals surface area contributed by atoms with Gasteiger partial charge in [-0.2, -0.15) is 0 Å². The van der Waals surface area contributed by atoms with Crippen molar-refractivity contribution in [2.75, 3.05) is 27.2 Å². The van der Waals surface area contributed by atoms with Crippen LogP contribution in [0, 0.1) is 5.41 Å². The summed E-state index contributed by atoms with van der Waals surface area (Å²) in [6.45, 7) is 6.94. The molecule has 0 fully saturated rings. The van der Waals surface area contributed by atoms with Crippen LogP contribution in [-0.2, 0) is 6.54 Å². The summed E-state index contributed by atoms with van der Waals surface area (Å²) in [5, 5.41) is 3.40. The lowest BCUT2D eigenvalue weighted by Gasteiger charge is -2.28. The molecule has 114 valence electrons. The Morgan fingerprint density at radius 2 is 2.10 bits per heavy atom. The molecule has 0 bridgehead atoms. The Bertz CT molecular complexity index is 661. The van der Waals surface area contributed by atoms with Gasteiger partial charge in [-0.15, -0.1) is 0 Å². The first-order valence-electron chi connectivity index (χ1n) is 7.20. The number of pyridine rings is 1. The highest BCUT2D eigenvalue weighted by Gasteiger charge is 2.18. The van der Waals surface area contributed by atoms with E-state index < -0.39 is 0 Å². The number of fused-ring (bicyclic) bond motifs is 1. The third kappa shape index (κ3) is 4.37. The van der Waals surface area contributed by atoms with Crippen molar-refractivity contribution in [3.63, 3.8) is 0 Å². The SMILES string of the molecule is CN(C)CC(C)(C)CNCc1cc(=O)n2ccccc2n1. The Labute approximate surface area is 125 Å². The molecule has 0 saturated carbocycles. The Balaban J connectivity index is 2.03. The van der Waals surface area contributed by atoms with Gasteiger partial charge in [-0.1, -0.05) is 19.9 Å². The molecular weight excluding hydrogens is 264 g/mol. The maximum atomic E-state index is 12.0. The zero-order chi connectivity index (χ0) is 15.5. The second kappa shape index (κ2) is 6.37. The maximum absolute atomic E-state index is 12.0. The normalized spacial score (nSPS) is 12.2. The molecule has 0 saturated heterocycles. The summed E-state index contributed by atoms with van der Waals surface area (Å²) in [7, 11) is 4.15. The molecule has 0 radical (unpaired) electrons. The van der Waals surface area contributed by atoms with Crippen molar-refractivity contribution in [1.82, 2.24) is 19.6 Å². The van der Waals surface area contributed by atoms with Gasteiger partial charge >= 0.3 is 0 Å². The average Bonchev–Trinajstić information content (AvgIpc) is 2.37. The fourth-order valence-corrected chi connectivity index (χ4v) is 2.63. The molecule has 0 aliphatic heterocycles. The first-order valence-corrected chi connectivity index (χ1v) is 7.20. The lowest BCUT2D eigenvalue weighted by molar-refractivity contribution is 0.232. The zero-order valence-corrected chi connectivity index (χ0v) is 13.3. The summed E-state index contributed by atoms with van der Waals surface area (Å²) >= 11 is 0. The minimum atomic E-state index is -0.0371. The molecule has 5 heteroatoms. The summed E-state index contributed by atoms with van der Waals surface area (Å²) in [4.78, 5) is 18.7. The highest BCUT2D eigenvalue weighted by atomic mass is 16.1. The van der Waals surface area contributed by atoms with E-state index in [1.807, 2.05) is 18.2 Å². The van der Waals surface area contributed by atoms with E-state index in [4.69, 9.17) is 0 Å². The molecule has 2 heterocycles. The summed E-state index contributed by atoms with van der Waals surface area (Å²) in [5.41, 5.74) is 1.61. The van der Waals surface area contributed by atoms with E-state index in [0.717, 1.165) is 18.8 Å². The van der Waals surface area contributed by atoms with Crippen LogP contribution in [0.4, 0.5) is 0 Å². The molecule has 0 spiro atoms. The monoisotopic (exact) mass is 288 g/mol. The zero-order valence-electron chi connectivity index (χ0n) is 13.3. The third-order valence-electron chi connectivity index (χ3n) is 3.28. The molecule has 5 nitrogen and oxygen atoms in total. The van der Waals surface area contributed by atoms with Gasteiger partial charge in [0.1, 0.15) is 5.65 Å². The Kier molecular flexibility index (Phi) is 4.75. The molecule has 0 aliphatic carbocycles. The van der Waals surface area contributed by atoms with E-state index in [-0.39, 0.29) is 11.0 Å². The molecule has 21 heavy (non-hydrogen) atoms. The molecule has 2 aromatic rings. The summed E-state index contributed by atoms with van der Waals surface area (Å²) in [6, 6.07) is 7.16. The molecule has 0 unspecified atom stereocenters. The van der Waals surface area contributed by atoms with Crippen molar-refractivity contribution >= 4 is 5.65 Å². The van der Waals surface area contributed by atoms with Gasteiger partial charge < -0.3 is 10.2 Å². The van der Waals surface area contributed by atoms with E-state index in [2.05, 4.69) is 43.1 Å². The fourth-order valence-electron chi connectivity index (χ4n) is 2.63. The van der Waals surface area contributed by atoms with E-state index in [9.17, 15) is 4.79 Å². The van der Waals surface area contributed by atoms with E-state index >= 15 is 0 Å². The first kappa shape index (κ1) is 15.7. The molecule has 0 amide bonds. The van der Waals surface area contributed by atoms with Gasteiger partial charge in [0.2, 0.25) is 0 Å².